The van der Waals surface area contributed by atoms with Crippen molar-refractivity contribution >= 4 is 23.2 Å². The number of nitrogens with zero attached hydrogens (tertiary/aromatic N) is 2. The fourth-order valence-corrected chi connectivity index (χ4v) is 2.77. The molecular weight excluding hydrogens is 290 g/mol. The minimum atomic E-state index is -0.0767. The Hall–Kier alpha value is -2.14. The van der Waals surface area contributed by atoms with Gasteiger partial charge in [-0.05, 0) is 32.0 Å². The Kier molecular flexibility index (Phi) is 5.93. The van der Waals surface area contributed by atoms with E-state index in [1.54, 1.807) is 4.90 Å². The second-order valence-electron chi connectivity index (χ2n) is 5.97. The highest BCUT2D eigenvalue weighted by Gasteiger charge is 2.24. The molecule has 0 radical (unpaired) electrons. The Morgan fingerprint density at radius 2 is 2.09 bits per heavy atom. The first kappa shape index (κ1) is 17.2. The third-order valence-electron chi connectivity index (χ3n) is 3.85. The van der Waals surface area contributed by atoms with Crippen LogP contribution in [0.5, 0.6) is 0 Å². The molecule has 1 saturated heterocycles. The summed E-state index contributed by atoms with van der Waals surface area (Å²) in [6.07, 6.45) is 1.44. The Balaban J connectivity index is 2.06. The van der Waals surface area contributed by atoms with E-state index in [9.17, 15) is 9.59 Å². The summed E-state index contributed by atoms with van der Waals surface area (Å²) in [5.74, 6) is 0.0383. The number of hydrogen-bond donors (Lipinski definition) is 1. The van der Waals surface area contributed by atoms with Gasteiger partial charge in [0.05, 0.1) is 17.9 Å². The quantitative estimate of drug-likeness (QED) is 0.787. The van der Waals surface area contributed by atoms with Gasteiger partial charge in [0, 0.05) is 19.5 Å². The van der Waals surface area contributed by atoms with Crippen LogP contribution in [0.15, 0.2) is 36.4 Å². The van der Waals surface area contributed by atoms with Gasteiger partial charge in [-0.15, -0.1) is 0 Å². The number of carbonyl (C=O) groups is 2. The topological polar surface area (TPSA) is 52.7 Å². The number of benzene rings is 1. The van der Waals surface area contributed by atoms with Crippen LogP contribution in [0.25, 0.3) is 0 Å². The molecule has 0 atom stereocenters. The minimum Gasteiger partial charge on any atom is -0.323 e. The van der Waals surface area contributed by atoms with E-state index in [-0.39, 0.29) is 11.8 Å². The van der Waals surface area contributed by atoms with Gasteiger partial charge in [-0.3, -0.25) is 14.5 Å². The maximum atomic E-state index is 12.3. The van der Waals surface area contributed by atoms with Crippen molar-refractivity contribution in [3.63, 3.8) is 0 Å². The fraction of sp³-hybridized carbons (Fsp3) is 0.444. The summed E-state index contributed by atoms with van der Waals surface area (Å²) in [5, 5.41) is 2.94. The van der Waals surface area contributed by atoms with Gasteiger partial charge in [0.25, 0.3) is 0 Å². The van der Waals surface area contributed by atoms with Crippen molar-refractivity contribution in [1.29, 1.82) is 0 Å². The summed E-state index contributed by atoms with van der Waals surface area (Å²) in [5.41, 5.74) is 2.51. The Bertz CT molecular complexity index is 598. The molecule has 23 heavy (non-hydrogen) atoms. The van der Waals surface area contributed by atoms with Gasteiger partial charge in [0.15, 0.2) is 0 Å². The van der Waals surface area contributed by atoms with Gasteiger partial charge in [-0.25, -0.2) is 0 Å². The van der Waals surface area contributed by atoms with E-state index in [1.807, 2.05) is 43.0 Å². The number of para-hydroxylation sites is 2. The highest BCUT2D eigenvalue weighted by molar-refractivity contribution is 6.02. The molecular formula is C18H25N3O2. The molecule has 0 spiro atoms. The summed E-state index contributed by atoms with van der Waals surface area (Å²) in [6.45, 7) is 10.4. The SMILES string of the molecule is C=C(C)CN(CC)CC(=O)Nc1ccccc1N1CCCC1=O. The molecule has 1 aliphatic heterocycles. The number of amides is 2. The molecule has 2 amide bonds. The van der Waals surface area contributed by atoms with Gasteiger partial charge in [0.1, 0.15) is 0 Å². The van der Waals surface area contributed by atoms with Crippen LogP contribution in [0.4, 0.5) is 11.4 Å². The van der Waals surface area contributed by atoms with E-state index in [1.165, 1.54) is 0 Å². The highest BCUT2D eigenvalue weighted by atomic mass is 16.2. The standard InChI is InChI=1S/C18H25N3O2/c1-4-20(12-14(2)3)13-17(22)19-15-8-5-6-9-16(15)21-11-7-10-18(21)23/h5-6,8-9H,2,4,7,10-13H2,1,3H3,(H,19,22). The molecule has 1 aliphatic rings. The summed E-state index contributed by atoms with van der Waals surface area (Å²) in [6, 6.07) is 7.47. The van der Waals surface area contributed by atoms with Crippen LogP contribution in [0, 0.1) is 0 Å². The molecule has 1 fully saturated rings. The van der Waals surface area contributed by atoms with Crippen LogP contribution in [0.3, 0.4) is 0 Å². The van der Waals surface area contributed by atoms with Crippen molar-refractivity contribution < 1.29 is 9.59 Å². The van der Waals surface area contributed by atoms with E-state index in [2.05, 4.69) is 11.9 Å². The second-order valence-corrected chi connectivity index (χ2v) is 5.97. The maximum Gasteiger partial charge on any atom is 0.238 e. The van der Waals surface area contributed by atoms with Crippen molar-refractivity contribution in [3.05, 3.63) is 36.4 Å². The zero-order chi connectivity index (χ0) is 16.8. The molecule has 0 bridgehead atoms. The van der Waals surface area contributed by atoms with Crippen molar-refractivity contribution in [3.8, 4) is 0 Å². The first-order chi connectivity index (χ1) is 11.0. The molecule has 2 rings (SSSR count). The second kappa shape index (κ2) is 7.92. The average molecular weight is 315 g/mol. The molecule has 0 saturated carbocycles. The highest BCUT2D eigenvalue weighted by Crippen LogP contribution is 2.29. The molecule has 5 heteroatoms. The first-order valence-corrected chi connectivity index (χ1v) is 8.07. The predicted molar refractivity (Wildman–Crippen MR) is 93.6 cm³/mol. The molecule has 1 N–H and O–H groups in total. The van der Waals surface area contributed by atoms with Gasteiger partial charge >= 0.3 is 0 Å². The fourth-order valence-electron chi connectivity index (χ4n) is 2.77. The predicted octanol–water partition coefficient (Wildman–Crippen LogP) is 2.65. The van der Waals surface area contributed by atoms with E-state index < -0.39 is 0 Å². The van der Waals surface area contributed by atoms with Gasteiger partial charge in [-0.1, -0.05) is 31.2 Å². The molecule has 1 aromatic carbocycles. The van der Waals surface area contributed by atoms with Crippen molar-refractivity contribution in [2.45, 2.75) is 26.7 Å². The van der Waals surface area contributed by atoms with Crippen LogP contribution >= 0.6 is 0 Å². The minimum absolute atomic E-state index is 0.0767. The lowest BCUT2D eigenvalue weighted by Gasteiger charge is -2.22. The Labute approximate surface area is 138 Å². The van der Waals surface area contributed by atoms with Crippen molar-refractivity contribution in [2.24, 2.45) is 0 Å². The smallest absolute Gasteiger partial charge is 0.238 e. The largest absolute Gasteiger partial charge is 0.323 e. The summed E-state index contributed by atoms with van der Waals surface area (Å²) in [7, 11) is 0. The van der Waals surface area contributed by atoms with Crippen molar-refractivity contribution in [2.75, 3.05) is 36.4 Å². The number of anilines is 2. The molecule has 124 valence electrons. The number of carbonyl (C=O) groups excluding carboxylic acids is 2. The number of likely N-dealkylation sites (N-methyl/N-ethyl adjacent to an activating group) is 1. The van der Waals surface area contributed by atoms with Crippen LogP contribution in [0.1, 0.15) is 26.7 Å². The monoisotopic (exact) mass is 315 g/mol. The van der Waals surface area contributed by atoms with Crippen molar-refractivity contribution in [1.82, 2.24) is 4.90 Å². The molecule has 0 aliphatic carbocycles. The summed E-state index contributed by atoms with van der Waals surface area (Å²) >= 11 is 0. The molecule has 0 unspecified atom stereocenters. The third-order valence-corrected chi connectivity index (χ3v) is 3.85. The summed E-state index contributed by atoms with van der Waals surface area (Å²) < 4.78 is 0. The third kappa shape index (κ3) is 4.66. The lowest BCUT2D eigenvalue weighted by atomic mass is 10.2. The van der Waals surface area contributed by atoms with E-state index >= 15 is 0 Å². The lowest BCUT2D eigenvalue weighted by Crippen LogP contribution is -2.34. The van der Waals surface area contributed by atoms with Crippen LogP contribution in [0.2, 0.25) is 0 Å². The number of nitrogens with one attached hydrogen (secondary N) is 1. The molecule has 1 heterocycles. The van der Waals surface area contributed by atoms with Gasteiger partial charge in [-0.2, -0.15) is 0 Å². The van der Waals surface area contributed by atoms with Crippen LogP contribution in [-0.2, 0) is 9.59 Å². The van der Waals surface area contributed by atoms with E-state index in [0.29, 0.717) is 31.7 Å². The number of hydrogen-bond acceptors (Lipinski definition) is 3. The Morgan fingerprint density at radius 3 is 2.70 bits per heavy atom. The summed E-state index contributed by atoms with van der Waals surface area (Å²) in [4.78, 5) is 28.1. The zero-order valence-corrected chi connectivity index (χ0v) is 14.0. The van der Waals surface area contributed by atoms with Gasteiger partial charge < -0.3 is 10.2 Å². The average Bonchev–Trinajstić information content (AvgIpc) is 2.92. The molecule has 1 aromatic rings. The van der Waals surface area contributed by atoms with Gasteiger partial charge in [0.2, 0.25) is 11.8 Å². The van der Waals surface area contributed by atoms with E-state index in [4.69, 9.17) is 0 Å². The molecule has 0 aromatic heterocycles. The normalized spacial score (nSPS) is 14.4. The van der Waals surface area contributed by atoms with E-state index in [0.717, 1.165) is 24.2 Å². The number of rotatable bonds is 7. The van der Waals surface area contributed by atoms with Crippen LogP contribution < -0.4 is 10.2 Å². The lowest BCUT2D eigenvalue weighted by molar-refractivity contribution is -0.118. The Morgan fingerprint density at radius 1 is 1.35 bits per heavy atom. The maximum absolute atomic E-state index is 12.3. The first-order valence-electron chi connectivity index (χ1n) is 8.07. The molecule has 5 nitrogen and oxygen atoms in total. The van der Waals surface area contributed by atoms with Crippen LogP contribution in [-0.4, -0.2) is 42.9 Å². The zero-order valence-electron chi connectivity index (χ0n) is 14.0.